The smallest absolute Gasteiger partial charge is 0.240 e. The van der Waals surface area contributed by atoms with E-state index in [9.17, 15) is 4.79 Å². The molecule has 0 N–H and O–H groups in total. The molecule has 1 aromatic heterocycles. The van der Waals surface area contributed by atoms with Crippen LogP contribution in [0.4, 0.5) is 5.69 Å². The molecular weight excluding hydrogens is 292 g/mol. The number of benzene rings is 1. The van der Waals surface area contributed by atoms with E-state index in [2.05, 4.69) is 15.0 Å². The van der Waals surface area contributed by atoms with E-state index in [1.807, 2.05) is 44.3 Å². The first-order valence-corrected chi connectivity index (χ1v) is 7.97. The number of nitrogens with zero attached hydrogens (tertiary/aromatic N) is 4. The summed E-state index contributed by atoms with van der Waals surface area (Å²) in [5.74, 6) is 1.67. The molecule has 6 nitrogen and oxygen atoms in total. The van der Waals surface area contributed by atoms with Crippen molar-refractivity contribution in [2.75, 3.05) is 31.6 Å². The van der Waals surface area contributed by atoms with Gasteiger partial charge in [-0.05, 0) is 38.4 Å². The van der Waals surface area contributed by atoms with Crippen molar-refractivity contribution in [3.8, 4) is 0 Å². The topological polar surface area (TPSA) is 62.5 Å². The minimum Gasteiger partial charge on any atom is -0.339 e. The lowest BCUT2D eigenvalue weighted by Gasteiger charge is -2.31. The zero-order valence-electron chi connectivity index (χ0n) is 13.6. The predicted octanol–water partition coefficient (Wildman–Crippen LogP) is 2.22. The SMILES string of the molecule is Cc1noc(C2CCCN(CC(=O)N(C)c3ccccc3)C2)n1. The van der Waals surface area contributed by atoms with Crippen molar-refractivity contribution in [1.82, 2.24) is 15.0 Å². The molecule has 0 aliphatic carbocycles. The van der Waals surface area contributed by atoms with E-state index in [1.165, 1.54) is 0 Å². The van der Waals surface area contributed by atoms with Crippen LogP contribution in [0, 0.1) is 6.92 Å². The normalized spacial score (nSPS) is 18.8. The van der Waals surface area contributed by atoms with E-state index in [0.717, 1.165) is 31.6 Å². The average molecular weight is 314 g/mol. The van der Waals surface area contributed by atoms with Gasteiger partial charge < -0.3 is 9.42 Å². The van der Waals surface area contributed by atoms with Crippen LogP contribution < -0.4 is 4.90 Å². The minimum absolute atomic E-state index is 0.0959. The molecule has 3 rings (SSSR count). The second kappa shape index (κ2) is 6.91. The molecule has 2 aromatic rings. The van der Waals surface area contributed by atoms with Crippen LogP contribution in [0.25, 0.3) is 0 Å². The van der Waals surface area contributed by atoms with Crippen molar-refractivity contribution in [2.24, 2.45) is 0 Å². The Labute approximate surface area is 136 Å². The van der Waals surface area contributed by atoms with Crippen LogP contribution in [0.3, 0.4) is 0 Å². The van der Waals surface area contributed by atoms with Crippen molar-refractivity contribution >= 4 is 11.6 Å². The highest BCUT2D eigenvalue weighted by atomic mass is 16.5. The number of amides is 1. The summed E-state index contributed by atoms with van der Waals surface area (Å²) in [5, 5.41) is 3.87. The number of aryl methyl sites for hydroxylation is 1. The standard InChI is InChI=1S/C17H22N4O2/c1-13-18-17(23-19-13)14-7-6-10-21(11-14)12-16(22)20(2)15-8-4-3-5-9-15/h3-5,8-9,14H,6-7,10-12H2,1-2H3. The molecule has 1 aliphatic rings. The summed E-state index contributed by atoms with van der Waals surface area (Å²) >= 11 is 0. The molecule has 0 radical (unpaired) electrons. The summed E-state index contributed by atoms with van der Waals surface area (Å²) in [6.07, 6.45) is 2.06. The Hall–Kier alpha value is -2.21. The van der Waals surface area contributed by atoms with Gasteiger partial charge in [0.1, 0.15) is 0 Å². The number of rotatable bonds is 4. The van der Waals surface area contributed by atoms with Crippen LogP contribution in [0.5, 0.6) is 0 Å². The fourth-order valence-electron chi connectivity index (χ4n) is 2.97. The Morgan fingerprint density at radius 2 is 2.17 bits per heavy atom. The summed E-state index contributed by atoms with van der Waals surface area (Å²) in [5.41, 5.74) is 0.915. The lowest BCUT2D eigenvalue weighted by molar-refractivity contribution is -0.119. The Kier molecular flexibility index (Phi) is 4.71. The lowest BCUT2D eigenvalue weighted by atomic mass is 9.98. The molecule has 23 heavy (non-hydrogen) atoms. The van der Waals surface area contributed by atoms with Crippen molar-refractivity contribution in [3.05, 3.63) is 42.0 Å². The second-order valence-corrected chi connectivity index (χ2v) is 6.04. The molecule has 1 aliphatic heterocycles. The van der Waals surface area contributed by atoms with Gasteiger partial charge in [-0.1, -0.05) is 23.4 Å². The van der Waals surface area contributed by atoms with Gasteiger partial charge in [-0.3, -0.25) is 9.69 Å². The van der Waals surface area contributed by atoms with Crippen LogP contribution in [0.1, 0.15) is 30.5 Å². The number of piperidine rings is 1. The van der Waals surface area contributed by atoms with E-state index in [-0.39, 0.29) is 11.8 Å². The molecule has 1 aromatic carbocycles. The van der Waals surface area contributed by atoms with E-state index < -0.39 is 0 Å². The molecule has 1 fully saturated rings. The third-order valence-electron chi connectivity index (χ3n) is 4.27. The van der Waals surface area contributed by atoms with Gasteiger partial charge in [0.25, 0.3) is 0 Å². The molecule has 0 spiro atoms. The molecule has 1 unspecified atom stereocenters. The Morgan fingerprint density at radius 3 is 2.87 bits per heavy atom. The number of anilines is 1. The van der Waals surface area contributed by atoms with E-state index in [0.29, 0.717) is 18.3 Å². The second-order valence-electron chi connectivity index (χ2n) is 6.04. The Morgan fingerprint density at radius 1 is 1.39 bits per heavy atom. The highest BCUT2D eigenvalue weighted by Crippen LogP contribution is 2.25. The third-order valence-corrected chi connectivity index (χ3v) is 4.27. The molecular formula is C17H22N4O2. The first-order chi connectivity index (χ1) is 11.1. The van der Waals surface area contributed by atoms with Gasteiger partial charge in [-0.25, -0.2) is 0 Å². The molecule has 1 amide bonds. The van der Waals surface area contributed by atoms with Gasteiger partial charge in [0, 0.05) is 19.3 Å². The first kappa shape index (κ1) is 15.7. The van der Waals surface area contributed by atoms with Gasteiger partial charge in [0.15, 0.2) is 5.82 Å². The minimum atomic E-state index is 0.0959. The molecule has 122 valence electrons. The van der Waals surface area contributed by atoms with Gasteiger partial charge in [-0.15, -0.1) is 0 Å². The maximum Gasteiger partial charge on any atom is 0.240 e. The number of hydrogen-bond donors (Lipinski definition) is 0. The summed E-state index contributed by atoms with van der Waals surface area (Å²) in [7, 11) is 1.82. The summed E-state index contributed by atoms with van der Waals surface area (Å²) in [6.45, 7) is 3.95. The average Bonchev–Trinajstić information content (AvgIpc) is 3.02. The Balaban J connectivity index is 1.60. The lowest BCUT2D eigenvalue weighted by Crippen LogP contribution is -2.42. The monoisotopic (exact) mass is 314 g/mol. The number of para-hydroxylation sites is 1. The quantitative estimate of drug-likeness (QED) is 0.866. The number of likely N-dealkylation sites (N-methyl/N-ethyl adjacent to an activating group) is 1. The third kappa shape index (κ3) is 3.76. The summed E-state index contributed by atoms with van der Waals surface area (Å²) < 4.78 is 5.29. The van der Waals surface area contributed by atoms with Crippen LogP contribution >= 0.6 is 0 Å². The fraction of sp³-hybridized carbons (Fsp3) is 0.471. The molecule has 2 heterocycles. The summed E-state index contributed by atoms with van der Waals surface area (Å²) in [4.78, 5) is 20.7. The maximum atomic E-state index is 12.5. The molecule has 0 saturated carbocycles. The first-order valence-electron chi connectivity index (χ1n) is 7.97. The van der Waals surface area contributed by atoms with Gasteiger partial charge in [0.05, 0.1) is 12.5 Å². The molecule has 0 bridgehead atoms. The van der Waals surface area contributed by atoms with Crippen molar-refractivity contribution in [1.29, 1.82) is 0 Å². The van der Waals surface area contributed by atoms with Crippen LogP contribution in [0.2, 0.25) is 0 Å². The van der Waals surface area contributed by atoms with Gasteiger partial charge in [-0.2, -0.15) is 4.98 Å². The van der Waals surface area contributed by atoms with Gasteiger partial charge >= 0.3 is 0 Å². The largest absolute Gasteiger partial charge is 0.339 e. The highest BCUT2D eigenvalue weighted by Gasteiger charge is 2.27. The zero-order chi connectivity index (χ0) is 16.2. The fourth-order valence-corrected chi connectivity index (χ4v) is 2.97. The zero-order valence-corrected chi connectivity index (χ0v) is 13.6. The predicted molar refractivity (Wildman–Crippen MR) is 87.3 cm³/mol. The summed E-state index contributed by atoms with van der Waals surface area (Å²) in [6, 6.07) is 9.71. The number of carbonyl (C=O) groups excluding carboxylic acids is 1. The molecule has 6 heteroatoms. The van der Waals surface area contributed by atoms with Crippen molar-refractivity contribution in [2.45, 2.75) is 25.7 Å². The Bertz CT molecular complexity index is 656. The van der Waals surface area contributed by atoms with E-state index in [4.69, 9.17) is 4.52 Å². The number of aromatic nitrogens is 2. The van der Waals surface area contributed by atoms with Crippen LogP contribution in [-0.2, 0) is 4.79 Å². The number of likely N-dealkylation sites (tertiary alicyclic amines) is 1. The number of carbonyl (C=O) groups is 1. The molecule has 1 atom stereocenters. The van der Waals surface area contributed by atoms with Crippen LogP contribution in [-0.4, -0.2) is 47.6 Å². The van der Waals surface area contributed by atoms with Gasteiger partial charge in [0.2, 0.25) is 11.8 Å². The van der Waals surface area contributed by atoms with Crippen LogP contribution in [0.15, 0.2) is 34.9 Å². The highest BCUT2D eigenvalue weighted by molar-refractivity contribution is 5.94. The van der Waals surface area contributed by atoms with Crippen molar-refractivity contribution < 1.29 is 9.32 Å². The number of hydrogen-bond acceptors (Lipinski definition) is 5. The van der Waals surface area contributed by atoms with E-state index >= 15 is 0 Å². The molecule has 1 saturated heterocycles. The maximum absolute atomic E-state index is 12.5. The van der Waals surface area contributed by atoms with Crippen molar-refractivity contribution in [3.63, 3.8) is 0 Å². The van der Waals surface area contributed by atoms with E-state index in [1.54, 1.807) is 4.90 Å².